The van der Waals surface area contributed by atoms with Crippen LogP contribution in [0.4, 0.5) is 0 Å². The number of alkyl halides is 1. The third kappa shape index (κ3) is 2.57. The summed E-state index contributed by atoms with van der Waals surface area (Å²) in [6.45, 7) is 2.08. The average molecular weight is 431 g/mol. The molecule has 0 aliphatic heterocycles. The van der Waals surface area contributed by atoms with Crippen molar-refractivity contribution >= 4 is 64.9 Å². The molecular formula is C16H11Br2ClS. The van der Waals surface area contributed by atoms with Gasteiger partial charge in [-0.05, 0) is 62.4 Å². The Hall–Kier alpha value is -0.350. The van der Waals surface area contributed by atoms with E-state index in [4.69, 9.17) is 11.6 Å². The molecule has 1 atom stereocenters. The molecule has 0 amide bonds. The molecule has 0 aliphatic carbocycles. The molecule has 2 aromatic carbocycles. The second kappa shape index (κ2) is 5.80. The van der Waals surface area contributed by atoms with Crippen LogP contribution in [0.15, 0.2) is 50.7 Å². The van der Waals surface area contributed by atoms with Crippen molar-refractivity contribution in [3.05, 3.63) is 67.4 Å². The molecule has 0 radical (unpaired) electrons. The maximum absolute atomic E-state index is 6.70. The number of rotatable bonds is 2. The quantitative estimate of drug-likeness (QED) is 0.382. The Morgan fingerprint density at radius 1 is 1.10 bits per heavy atom. The van der Waals surface area contributed by atoms with Crippen LogP contribution in [0.2, 0.25) is 0 Å². The van der Waals surface area contributed by atoms with Crippen molar-refractivity contribution in [1.29, 1.82) is 0 Å². The fourth-order valence-electron chi connectivity index (χ4n) is 2.24. The van der Waals surface area contributed by atoms with Crippen LogP contribution in [-0.2, 0) is 0 Å². The van der Waals surface area contributed by atoms with E-state index in [1.165, 1.54) is 21.2 Å². The van der Waals surface area contributed by atoms with E-state index >= 15 is 0 Å². The molecule has 0 saturated heterocycles. The van der Waals surface area contributed by atoms with Crippen molar-refractivity contribution in [2.24, 2.45) is 0 Å². The SMILES string of the molecule is Cc1cc(C(Cl)c2csc3c(Br)cccc23)ccc1Br. The fraction of sp³-hybridized carbons (Fsp3) is 0.125. The summed E-state index contributed by atoms with van der Waals surface area (Å²) >= 11 is 15.6. The highest BCUT2D eigenvalue weighted by Crippen LogP contribution is 2.40. The van der Waals surface area contributed by atoms with E-state index in [1.807, 2.05) is 0 Å². The van der Waals surface area contributed by atoms with Gasteiger partial charge in [0.05, 0.1) is 5.38 Å². The summed E-state index contributed by atoms with van der Waals surface area (Å²) in [5, 5.41) is 3.26. The minimum atomic E-state index is -0.121. The van der Waals surface area contributed by atoms with Crippen LogP contribution in [0, 0.1) is 6.92 Å². The summed E-state index contributed by atoms with van der Waals surface area (Å²) in [5.74, 6) is 0. The highest BCUT2D eigenvalue weighted by molar-refractivity contribution is 9.11. The highest BCUT2D eigenvalue weighted by Gasteiger charge is 2.17. The van der Waals surface area contributed by atoms with Crippen LogP contribution >= 0.6 is 54.8 Å². The van der Waals surface area contributed by atoms with Gasteiger partial charge in [0.15, 0.2) is 0 Å². The largest absolute Gasteiger partial charge is 0.142 e. The molecular weight excluding hydrogens is 420 g/mol. The summed E-state index contributed by atoms with van der Waals surface area (Å²) in [4.78, 5) is 0. The van der Waals surface area contributed by atoms with Crippen molar-refractivity contribution in [3.63, 3.8) is 0 Å². The normalized spacial score (nSPS) is 12.8. The maximum atomic E-state index is 6.70. The van der Waals surface area contributed by atoms with Gasteiger partial charge < -0.3 is 0 Å². The van der Waals surface area contributed by atoms with Gasteiger partial charge in [-0.2, -0.15) is 0 Å². The number of thiophene rings is 1. The van der Waals surface area contributed by atoms with Gasteiger partial charge in [0.2, 0.25) is 0 Å². The van der Waals surface area contributed by atoms with Crippen molar-refractivity contribution in [1.82, 2.24) is 0 Å². The Kier molecular flexibility index (Phi) is 4.23. The third-order valence-corrected chi connectivity index (χ3v) is 6.68. The first-order valence-corrected chi connectivity index (χ1v) is 9.04. The van der Waals surface area contributed by atoms with E-state index < -0.39 is 0 Å². The molecule has 3 rings (SSSR count). The van der Waals surface area contributed by atoms with Gasteiger partial charge >= 0.3 is 0 Å². The monoisotopic (exact) mass is 428 g/mol. The molecule has 0 nitrogen and oxygen atoms in total. The Balaban J connectivity index is 2.10. The Labute approximate surface area is 144 Å². The van der Waals surface area contributed by atoms with Crippen molar-refractivity contribution < 1.29 is 0 Å². The Morgan fingerprint density at radius 3 is 2.65 bits per heavy atom. The molecule has 0 fully saturated rings. The molecule has 20 heavy (non-hydrogen) atoms. The molecule has 3 aromatic rings. The first kappa shape index (κ1) is 14.6. The molecule has 1 heterocycles. The Bertz CT molecular complexity index is 779. The second-order valence-electron chi connectivity index (χ2n) is 4.68. The zero-order chi connectivity index (χ0) is 14.3. The lowest BCUT2D eigenvalue weighted by Crippen LogP contribution is -1.93. The number of hydrogen-bond donors (Lipinski definition) is 0. The lowest BCUT2D eigenvalue weighted by atomic mass is 10.0. The van der Waals surface area contributed by atoms with Crippen LogP contribution in [0.3, 0.4) is 0 Å². The van der Waals surface area contributed by atoms with E-state index in [-0.39, 0.29) is 5.38 Å². The van der Waals surface area contributed by atoms with Crippen LogP contribution in [0.1, 0.15) is 22.1 Å². The lowest BCUT2D eigenvalue weighted by Gasteiger charge is -2.11. The lowest BCUT2D eigenvalue weighted by molar-refractivity contribution is 1.15. The summed E-state index contributed by atoms with van der Waals surface area (Å²) in [7, 11) is 0. The third-order valence-electron chi connectivity index (χ3n) is 3.33. The molecule has 4 heteroatoms. The fourth-order valence-corrected chi connectivity index (χ4v) is 4.53. The summed E-state index contributed by atoms with van der Waals surface area (Å²) in [6, 6.07) is 12.5. The number of aryl methyl sites for hydroxylation is 1. The van der Waals surface area contributed by atoms with Gasteiger partial charge in [0.25, 0.3) is 0 Å². The first-order valence-electron chi connectivity index (χ1n) is 6.13. The van der Waals surface area contributed by atoms with Crippen molar-refractivity contribution in [2.45, 2.75) is 12.3 Å². The molecule has 1 unspecified atom stereocenters. The number of fused-ring (bicyclic) bond motifs is 1. The highest BCUT2D eigenvalue weighted by atomic mass is 79.9. The molecule has 0 N–H and O–H groups in total. The zero-order valence-electron chi connectivity index (χ0n) is 10.7. The van der Waals surface area contributed by atoms with Gasteiger partial charge in [0, 0.05) is 13.6 Å². The smallest absolute Gasteiger partial charge is 0.0849 e. The van der Waals surface area contributed by atoms with Gasteiger partial charge in [-0.3, -0.25) is 0 Å². The van der Waals surface area contributed by atoms with Crippen LogP contribution < -0.4 is 0 Å². The number of benzene rings is 2. The van der Waals surface area contributed by atoms with Crippen LogP contribution in [0.25, 0.3) is 10.1 Å². The Morgan fingerprint density at radius 2 is 1.90 bits per heavy atom. The van der Waals surface area contributed by atoms with E-state index in [9.17, 15) is 0 Å². The van der Waals surface area contributed by atoms with E-state index in [0.29, 0.717) is 0 Å². The minimum absolute atomic E-state index is 0.121. The van der Waals surface area contributed by atoms with Crippen LogP contribution in [-0.4, -0.2) is 0 Å². The van der Waals surface area contributed by atoms with Crippen molar-refractivity contribution in [3.8, 4) is 0 Å². The van der Waals surface area contributed by atoms with Crippen LogP contribution in [0.5, 0.6) is 0 Å². The number of halogens is 3. The standard InChI is InChI=1S/C16H11Br2ClS/c1-9-7-10(5-6-13(9)17)15(19)12-8-20-16-11(12)3-2-4-14(16)18/h2-8,15H,1H3. The molecule has 0 bridgehead atoms. The minimum Gasteiger partial charge on any atom is -0.142 e. The molecule has 0 aliphatic rings. The zero-order valence-corrected chi connectivity index (χ0v) is 15.4. The summed E-state index contributed by atoms with van der Waals surface area (Å²) in [5.41, 5.74) is 3.51. The number of hydrogen-bond acceptors (Lipinski definition) is 1. The predicted octanol–water partition coefficient (Wildman–Crippen LogP) is 7.06. The van der Waals surface area contributed by atoms with E-state index in [0.717, 1.165) is 14.5 Å². The second-order valence-corrected chi connectivity index (χ2v) is 7.70. The summed E-state index contributed by atoms with van der Waals surface area (Å²) < 4.78 is 3.49. The molecule has 102 valence electrons. The van der Waals surface area contributed by atoms with E-state index in [1.54, 1.807) is 11.3 Å². The predicted molar refractivity (Wildman–Crippen MR) is 96.1 cm³/mol. The average Bonchev–Trinajstić information content (AvgIpc) is 2.86. The van der Waals surface area contributed by atoms with Gasteiger partial charge in [0.1, 0.15) is 0 Å². The van der Waals surface area contributed by atoms with Gasteiger partial charge in [-0.25, -0.2) is 0 Å². The van der Waals surface area contributed by atoms with Gasteiger partial charge in [-0.1, -0.05) is 40.2 Å². The molecule has 0 spiro atoms. The first-order chi connectivity index (χ1) is 9.58. The summed E-state index contributed by atoms with van der Waals surface area (Å²) in [6.07, 6.45) is 0. The molecule has 1 aromatic heterocycles. The van der Waals surface area contributed by atoms with Crippen molar-refractivity contribution in [2.75, 3.05) is 0 Å². The maximum Gasteiger partial charge on any atom is 0.0849 e. The molecule has 0 saturated carbocycles. The topological polar surface area (TPSA) is 0 Å². The van der Waals surface area contributed by atoms with E-state index in [2.05, 4.69) is 80.6 Å². The van der Waals surface area contributed by atoms with Gasteiger partial charge in [-0.15, -0.1) is 22.9 Å².